The highest BCUT2D eigenvalue weighted by atomic mass is 32.2. The molecule has 1 amide bonds. The van der Waals surface area contributed by atoms with Gasteiger partial charge in [0.25, 0.3) is 0 Å². The van der Waals surface area contributed by atoms with Crippen LogP contribution in [0.5, 0.6) is 0 Å². The number of carbonyl (C=O) groups excluding carboxylic acids is 1. The highest BCUT2D eigenvalue weighted by Crippen LogP contribution is 2.21. The summed E-state index contributed by atoms with van der Waals surface area (Å²) in [6, 6.07) is 7.89. The zero-order chi connectivity index (χ0) is 16.2. The molecule has 2 aromatic heterocycles. The fraction of sp³-hybridized carbons (Fsp3) is 0.143. The van der Waals surface area contributed by atoms with E-state index in [1.807, 2.05) is 0 Å². The van der Waals surface area contributed by atoms with Gasteiger partial charge < -0.3 is 4.52 Å². The van der Waals surface area contributed by atoms with Gasteiger partial charge in [0.05, 0.1) is 17.1 Å². The van der Waals surface area contributed by atoms with Crippen molar-refractivity contribution >= 4 is 23.6 Å². The van der Waals surface area contributed by atoms with E-state index in [0.717, 1.165) is 11.8 Å². The molecule has 1 aromatic carbocycles. The summed E-state index contributed by atoms with van der Waals surface area (Å²) in [6.45, 7) is 1.75. The molecule has 3 rings (SSSR count). The maximum absolute atomic E-state index is 13.8. The molecule has 0 fully saturated rings. The van der Waals surface area contributed by atoms with Crippen molar-refractivity contribution in [2.75, 3.05) is 11.1 Å². The number of aromatic nitrogens is 4. The second kappa shape index (κ2) is 6.61. The Labute approximate surface area is 134 Å². The van der Waals surface area contributed by atoms with Gasteiger partial charge >= 0.3 is 0 Å². The predicted octanol–water partition coefficient (Wildman–Crippen LogP) is 2.43. The van der Waals surface area contributed by atoms with E-state index in [1.165, 1.54) is 17.0 Å². The molecule has 2 heterocycles. The van der Waals surface area contributed by atoms with Gasteiger partial charge in [-0.3, -0.25) is 14.7 Å². The van der Waals surface area contributed by atoms with Crippen molar-refractivity contribution in [1.29, 1.82) is 0 Å². The molecule has 0 aliphatic rings. The number of hydrogen-bond acceptors (Lipinski definition) is 6. The fourth-order valence-corrected chi connectivity index (χ4v) is 2.58. The molecule has 9 heteroatoms. The highest BCUT2D eigenvalue weighted by molar-refractivity contribution is 7.99. The number of thioether (sulfide) groups is 1. The van der Waals surface area contributed by atoms with Crippen LogP contribution in [0.2, 0.25) is 0 Å². The van der Waals surface area contributed by atoms with Gasteiger partial charge in [0.2, 0.25) is 11.8 Å². The molecule has 1 N–H and O–H groups in total. The SMILES string of the molecule is Cc1cc(NC(=O)CSc2nncn2-c2ccccc2F)on1. The number of para-hydroxylation sites is 1. The first-order chi connectivity index (χ1) is 11.1. The third-order valence-electron chi connectivity index (χ3n) is 2.85. The third kappa shape index (κ3) is 3.57. The monoisotopic (exact) mass is 333 g/mol. The Hall–Kier alpha value is -2.68. The van der Waals surface area contributed by atoms with Gasteiger partial charge in [-0.2, -0.15) is 0 Å². The Balaban J connectivity index is 1.66. The Morgan fingerprint density at radius 2 is 2.26 bits per heavy atom. The lowest BCUT2D eigenvalue weighted by Gasteiger charge is -2.06. The Bertz CT molecular complexity index is 832. The van der Waals surface area contributed by atoms with E-state index in [0.29, 0.717) is 16.5 Å². The van der Waals surface area contributed by atoms with Gasteiger partial charge in [0.15, 0.2) is 5.16 Å². The van der Waals surface area contributed by atoms with E-state index in [-0.39, 0.29) is 17.5 Å². The van der Waals surface area contributed by atoms with Gasteiger partial charge in [0, 0.05) is 6.07 Å². The lowest BCUT2D eigenvalue weighted by atomic mass is 10.3. The quantitative estimate of drug-likeness (QED) is 0.722. The molecule has 7 nitrogen and oxygen atoms in total. The average molecular weight is 333 g/mol. The summed E-state index contributed by atoms with van der Waals surface area (Å²) >= 11 is 1.14. The number of aryl methyl sites for hydroxylation is 1. The van der Waals surface area contributed by atoms with Crippen molar-refractivity contribution in [3.63, 3.8) is 0 Å². The molecule has 0 aliphatic heterocycles. The van der Waals surface area contributed by atoms with Gasteiger partial charge in [-0.05, 0) is 19.1 Å². The second-order valence-electron chi connectivity index (χ2n) is 4.60. The molecule has 0 atom stereocenters. The summed E-state index contributed by atoms with van der Waals surface area (Å²) in [4.78, 5) is 11.9. The van der Waals surface area contributed by atoms with Crippen LogP contribution in [-0.2, 0) is 4.79 Å². The van der Waals surface area contributed by atoms with Gasteiger partial charge in [-0.15, -0.1) is 10.2 Å². The third-order valence-corrected chi connectivity index (χ3v) is 3.79. The molecule has 3 aromatic rings. The number of nitrogens with one attached hydrogen (secondary N) is 1. The smallest absolute Gasteiger partial charge is 0.237 e. The van der Waals surface area contributed by atoms with Crippen LogP contribution in [0, 0.1) is 12.7 Å². The van der Waals surface area contributed by atoms with Gasteiger partial charge in [-0.1, -0.05) is 29.1 Å². The lowest BCUT2D eigenvalue weighted by molar-refractivity contribution is -0.113. The normalized spacial score (nSPS) is 10.7. The minimum atomic E-state index is -0.393. The summed E-state index contributed by atoms with van der Waals surface area (Å²) in [7, 11) is 0. The van der Waals surface area contributed by atoms with Crippen LogP contribution >= 0.6 is 11.8 Å². The molecule has 0 bridgehead atoms. The Kier molecular flexibility index (Phi) is 4.38. The van der Waals surface area contributed by atoms with Crippen molar-refractivity contribution in [2.24, 2.45) is 0 Å². The Morgan fingerprint density at radius 3 is 3.00 bits per heavy atom. The van der Waals surface area contributed by atoms with E-state index in [4.69, 9.17) is 4.52 Å². The van der Waals surface area contributed by atoms with E-state index in [9.17, 15) is 9.18 Å². The molecule has 118 valence electrons. The fourth-order valence-electron chi connectivity index (χ4n) is 1.86. The minimum absolute atomic E-state index is 0.0763. The maximum atomic E-state index is 13.8. The van der Waals surface area contributed by atoms with E-state index in [1.54, 1.807) is 31.2 Å². The van der Waals surface area contributed by atoms with Crippen molar-refractivity contribution in [1.82, 2.24) is 19.9 Å². The van der Waals surface area contributed by atoms with Crippen molar-refractivity contribution in [3.05, 3.63) is 48.2 Å². The van der Waals surface area contributed by atoms with E-state index in [2.05, 4.69) is 20.7 Å². The van der Waals surface area contributed by atoms with E-state index < -0.39 is 5.82 Å². The number of rotatable bonds is 5. The molecule has 0 aliphatic carbocycles. The number of amides is 1. The lowest BCUT2D eigenvalue weighted by Crippen LogP contribution is -2.14. The van der Waals surface area contributed by atoms with Crippen LogP contribution in [0.3, 0.4) is 0 Å². The molecular formula is C14H12FN5O2S. The highest BCUT2D eigenvalue weighted by Gasteiger charge is 2.13. The minimum Gasteiger partial charge on any atom is -0.338 e. The molecule has 23 heavy (non-hydrogen) atoms. The van der Waals surface area contributed by atoms with Crippen molar-refractivity contribution in [3.8, 4) is 5.69 Å². The van der Waals surface area contributed by atoms with Crippen LogP contribution in [0.1, 0.15) is 5.69 Å². The molecular weight excluding hydrogens is 321 g/mol. The van der Waals surface area contributed by atoms with Crippen LogP contribution in [-0.4, -0.2) is 31.6 Å². The molecule has 0 spiro atoms. The van der Waals surface area contributed by atoms with Crippen LogP contribution in [0.4, 0.5) is 10.3 Å². The number of hydrogen-bond donors (Lipinski definition) is 1. The first kappa shape index (κ1) is 15.2. The van der Waals surface area contributed by atoms with Gasteiger partial charge in [0.1, 0.15) is 12.1 Å². The topological polar surface area (TPSA) is 85.8 Å². The number of carbonyl (C=O) groups is 1. The van der Waals surface area contributed by atoms with Gasteiger partial charge in [-0.25, -0.2) is 4.39 Å². The number of nitrogens with zero attached hydrogens (tertiary/aromatic N) is 4. The maximum Gasteiger partial charge on any atom is 0.237 e. The number of benzene rings is 1. The largest absolute Gasteiger partial charge is 0.338 e. The number of halogens is 1. The summed E-state index contributed by atoms with van der Waals surface area (Å²) in [6.07, 6.45) is 1.40. The number of anilines is 1. The zero-order valence-corrected chi connectivity index (χ0v) is 12.9. The summed E-state index contributed by atoms with van der Waals surface area (Å²) in [5.41, 5.74) is 0.999. The molecule has 0 radical (unpaired) electrons. The van der Waals surface area contributed by atoms with Crippen LogP contribution in [0.25, 0.3) is 5.69 Å². The van der Waals surface area contributed by atoms with Crippen LogP contribution < -0.4 is 5.32 Å². The Morgan fingerprint density at radius 1 is 1.43 bits per heavy atom. The van der Waals surface area contributed by atoms with Crippen LogP contribution in [0.15, 0.2) is 46.3 Å². The zero-order valence-electron chi connectivity index (χ0n) is 12.1. The average Bonchev–Trinajstić information content (AvgIpc) is 3.15. The van der Waals surface area contributed by atoms with Crippen molar-refractivity contribution < 1.29 is 13.7 Å². The summed E-state index contributed by atoms with van der Waals surface area (Å²) < 4.78 is 20.2. The molecule has 0 saturated heterocycles. The summed E-state index contributed by atoms with van der Waals surface area (Å²) in [5, 5.41) is 14.4. The van der Waals surface area contributed by atoms with Crippen molar-refractivity contribution in [2.45, 2.75) is 12.1 Å². The van der Waals surface area contributed by atoms with E-state index >= 15 is 0 Å². The molecule has 0 unspecified atom stereocenters. The predicted molar refractivity (Wildman–Crippen MR) is 81.9 cm³/mol. The summed E-state index contributed by atoms with van der Waals surface area (Å²) in [5.74, 6) is -0.318. The standard InChI is InChI=1S/C14H12FN5O2S/c1-9-6-13(22-19-9)17-12(21)7-23-14-18-16-8-20(14)11-5-3-2-4-10(11)15/h2-6,8H,7H2,1H3,(H,17,21). The second-order valence-corrected chi connectivity index (χ2v) is 5.55. The molecule has 0 saturated carbocycles. The first-order valence-corrected chi connectivity index (χ1v) is 7.63. The first-order valence-electron chi connectivity index (χ1n) is 6.64.